The van der Waals surface area contributed by atoms with Crippen LogP contribution in [-0.4, -0.2) is 0 Å². The SMILES string of the molecule is C.Cc1ccc(Oc2ccc(Oc3ccc(C)cc3)c(P(=O)(c3ccccc3)c3ccccc3)c2)cc1. The molecule has 0 aliphatic carbocycles. The van der Waals surface area contributed by atoms with Gasteiger partial charge in [-0.25, -0.2) is 0 Å². The van der Waals surface area contributed by atoms with Gasteiger partial charge in [0.2, 0.25) is 0 Å². The number of hydrogen-bond donors (Lipinski definition) is 0. The van der Waals surface area contributed by atoms with Crippen molar-refractivity contribution in [1.82, 2.24) is 0 Å². The Morgan fingerprint density at radius 2 is 0.946 bits per heavy atom. The second-order valence-corrected chi connectivity index (χ2v) is 11.5. The smallest absolute Gasteiger partial charge is 0.174 e. The molecule has 0 bridgehead atoms. The third-order valence-corrected chi connectivity index (χ3v) is 9.09. The second-order valence-electron chi connectivity index (χ2n) is 8.74. The summed E-state index contributed by atoms with van der Waals surface area (Å²) in [7, 11) is -3.31. The van der Waals surface area contributed by atoms with Gasteiger partial charge in [0.25, 0.3) is 0 Å². The molecule has 5 aromatic rings. The van der Waals surface area contributed by atoms with Gasteiger partial charge in [-0.05, 0) is 56.3 Å². The molecule has 0 saturated heterocycles. The Morgan fingerprint density at radius 1 is 0.514 bits per heavy atom. The van der Waals surface area contributed by atoms with E-state index in [-0.39, 0.29) is 7.43 Å². The molecular formula is C33H31O3P. The maximum Gasteiger partial charge on any atom is 0.174 e. The van der Waals surface area contributed by atoms with Crippen LogP contribution in [0.2, 0.25) is 0 Å². The van der Waals surface area contributed by atoms with Crippen LogP contribution in [-0.2, 0) is 4.57 Å². The van der Waals surface area contributed by atoms with Gasteiger partial charge in [-0.3, -0.25) is 0 Å². The van der Waals surface area contributed by atoms with Crippen molar-refractivity contribution in [2.75, 3.05) is 0 Å². The zero-order valence-electron chi connectivity index (χ0n) is 20.3. The van der Waals surface area contributed by atoms with E-state index >= 15 is 4.57 Å². The minimum atomic E-state index is -3.31. The molecule has 5 rings (SSSR count). The molecule has 5 aromatic carbocycles. The number of ether oxygens (including phenoxy) is 2. The van der Waals surface area contributed by atoms with Crippen molar-refractivity contribution >= 4 is 23.1 Å². The van der Waals surface area contributed by atoms with Crippen molar-refractivity contribution in [1.29, 1.82) is 0 Å². The molecule has 0 aliphatic rings. The lowest BCUT2D eigenvalue weighted by molar-refractivity contribution is 0.472. The monoisotopic (exact) mass is 506 g/mol. The molecule has 3 nitrogen and oxygen atoms in total. The predicted octanol–water partition coefficient (Wildman–Crippen LogP) is 8.16. The molecule has 0 amide bonds. The summed E-state index contributed by atoms with van der Waals surface area (Å²) < 4.78 is 27.7. The van der Waals surface area contributed by atoms with Crippen molar-refractivity contribution in [3.8, 4) is 23.0 Å². The number of aryl methyl sites for hydroxylation is 2. The molecule has 0 radical (unpaired) electrons. The van der Waals surface area contributed by atoms with Gasteiger partial charge < -0.3 is 14.0 Å². The first-order valence-corrected chi connectivity index (χ1v) is 13.6. The zero-order chi connectivity index (χ0) is 25.0. The normalized spacial score (nSPS) is 10.9. The van der Waals surface area contributed by atoms with Crippen LogP contribution in [0.25, 0.3) is 0 Å². The Hall–Kier alpha value is -4.07. The van der Waals surface area contributed by atoms with Gasteiger partial charge >= 0.3 is 0 Å². The van der Waals surface area contributed by atoms with E-state index in [0.29, 0.717) is 28.3 Å². The molecule has 186 valence electrons. The Labute approximate surface area is 219 Å². The fourth-order valence-corrected chi connectivity index (χ4v) is 6.85. The summed E-state index contributed by atoms with van der Waals surface area (Å²) in [5, 5.41) is 2.06. The van der Waals surface area contributed by atoms with Crippen molar-refractivity contribution < 1.29 is 14.0 Å². The minimum Gasteiger partial charge on any atom is -0.457 e. The average molecular weight is 507 g/mol. The van der Waals surface area contributed by atoms with Crippen molar-refractivity contribution in [3.05, 3.63) is 139 Å². The van der Waals surface area contributed by atoms with Crippen LogP contribution < -0.4 is 25.4 Å². The van der Waals surface area contributed by atoms with Crippen molar-refractivity contribution in [3.63, 3.8) is 0 Å². The highest BCUT2D eigenvalue weighted by Crippen LogP contribution is 2.47. The van der Waals surface area contributed by atoms with Crippen LogP contribution in [0.15, 0.2) is 127 Å². The Kier molecular flexibility index (Phi) is 7.96. The summed E-state index contributed by atoms with van der Waals surface area (Å²) in [6.07, 6.45) is 0. The Bertz CT molecular complexity index is 1450. The first-order chi connectivity index (χ1) is 17.5. The quantitative estimate of drug-likeness (QED) is 0.209. The van der Waals surface area contributed by atoms with Crippen LogP contribution >= 0.6 is 7.14 Å². The minimum absolute atomic E-state index is 0. The van der Waals surface area contributed by atoms with Gasteiger partial charge in [0.1, 0.15) is 23.0 Å². The largest absolute Gasteiger partial charge is 0.457 e. The van der Waals surface area contributed by atoms with E-state index in [9.17, 15) is 0 Å². The fourth-order valence-electron chi connectivity index (χ4n) is 4.07. The molecule has 0 aliphatic heterocycles. The molecule has 0 fully saturated rings. The van der Waals surface area contributed by atoms with E-state index in [2.05, 4.69) is 0 Å². The maximum absolute atomic E-state index is 15.2. The van der Waals surface area contributed by atoms with E-state index in [4.69, 9.17) is 9.47 Å². The van der Waals surface area contributed by atoms with Crippen LogP contribution in [0.1, 0.15) is 18.6 Å². The molecule has 0 aromatic heterocycles. The average Bonchev–Trinajstić information content (AvgIpc) is 2.92. The lowest BCUT2D eigenvalue weighted by atomic mass is 10.2. The van der Waals surface area contributed by atoms with E-state index in [0.717, 1.165) is 21.7 Å². The lowest BCUT2D eigenvalue weighted by Crippen LogP contribution is -2.26. The first kappa shape index (κ1) is 26.0. The standard InChI is InChI=1S/C32H27O3P.CH4/c1-24-13-17-26(18-14-24)34-28-21-22-31(35-27-19-15-25(2)16-20-27)32(23-28)36(33,29-9-5-3-6-10-29)30-11-7-4-8-12-30;/h3-23H,1-2H3;1H4. The Morgan fingerprint density at radius 3 is 1.43 bits per heavy atom. The zero-order valence-corrected chi connectivity index (χ0v) is 21.2. The third-order valence-electron chi connectivity index (χ3n) is 6.01. The third kappa shape index (κ3) is 5.69. The van der Waals surface area contributed by atoms with Crippen LogP contribution in [0.3, 0.4) is 0 Å². The molecule has 37 heavy (non-hydrogen) atoms. The van der Waals surface area contributed by atoms with Gasteiger partial charge in [0.15, 0.2) is 7.14 Å². The van der Waals surface area contributed by atoms with E-state index in [1.807, 2.05) is 141 Å². The molecule has 0 atom stereocenters. The lowest BCUT2D eigenvalue weighted by Gasteiger charge is -2.23. The summed E-state index contributed by atoms with van der Waals surface area (Å²) >= 11 is 0. The van der Waals surface area contributed by atoms with E-state index in [1.54, 1.807) is 0 Å². The molecule has 0 heterocycles. The maximum atomic E-state index is 15.2. The molecule has 0 N–H and O–H groups in total. The summed E-state index contributed by atoms with van der Waals surface area (Å²) in [5.41, 5.74) is 2.30. The summed E-state index contributed by atoms with van der Waals surface area (Å²) in [5.74, 6) is 2.53. The van der Waals surface area contributed by atoms with E-state index < -0.39 is 7.14 Å². The highest BCUT2D eigenvalue weighted by atomic mass is 31.2. The highest BCUT2D eigenvalue weighted by Gasteiger charge is 2.33. The number of benzene rings is 5. The summed E-state index contributed by atoms with van der Waals surface area (Å²) in [6, 6.07) is 40.4. The molecule has 4 heteroatoms. The van der Waals surface area contributed by atoms with Gasteiger partial charge in [-0.2, -0.15) is 0 Å². The molecule has 0 spiro atoms. The number of hydrogen-bond acceptors (Lipinski definition) is 3. The molecule has 0 saturated carbocycles. The summed E-state index contributed by atoms with van der Waals surface area (Å²) in [6.45, 7) is 4.07. The van der Waals surface area contributed by atoms with Crippen LogP contribution in [0.4, 0.5) is 0 Å². The van der Waals surface area contributed by atoms with Crippen molar-refractivity contribution in [2.45, 2.75) is 21.3 Å². The summed E-state index contributed by atoms with van der Waals surface area (Å²) in [4.78, 5) is 0. The Balaban J connectivity index is 0.00000320. The first-order valence-electron chi connectivity index (χ1n) is 11.9. The molecular weight excluding hydrogens is 475 g/mol. The van der Waals surface area contributed by atoms with Crippen LogP contribution in [0.5, 0.6) is 23.0 Å². The molecule has 0 unspecified atom stereocenters. The van der Waals surface area contributed by atoms with Gasteiger partial charge in [-0.1, -0.05) is 103 Å². The van der Waals surface area contributed by atoms with E-state index in [1.165, 1.54) is 0 Å². The second kappa shape index (κ2) is 11.3. The van der Waals surface area contributed by atoms with Crippen molar-refractivity contribution in [2.24, 2.45) is 0 Å². The predicted molar refractivity (Wildman–Crippen MR) is 155 cm³/mol. The highest BCUT2D eigenvalue weighted by molar-refractivity contribution is 7.85. The van der Waals surface area contributed by atoms with Crippen LogP contribution in [0, 0.1) is 13.8 Å². The topological polar surface area (TPSA) is 35.5 Å². The fraction of sp³-hybridized carbons (Fsp3) is 0.0909. The van der Waals surface area contributed by atoms with Gasteiger partial charge in [0, 0.05) is 10.6 Å². The van der Waals surface area contributed by atoms with Gasteiger partial charge in [0.05, 0.1) is 5.30 Å². The number of rotatable bonds is 7. The van der Waals surface area contributed by atoms with Gasteiger partial charge in [-0.15, -0.1) is 0 Å².